The Morgan fingerprint density at radius 1 is 1.18 bits per heavy atom. The molecule has 0 spiro atoms. The molecular weight excluding hydrogens is 220 g/mol. The van der Waals surface area contributed by atoms with Crippen LogP contribution in [0.25, 0.3) is 0 Å². The minimum atomic E-state index is -1.22. The Kier molecular flexibility index (Phi) is 4.04. The van der Waals surface area contributed by atoms with Crippen LogP contribution in [0.3, 0.4) is 0 Å². The van der Waals surface area contributed by atoms with E-state index in [4.69, 9.17) is 0 Å². The first-order chi connectivity index (χ1) is 8.02. The average molecular weight is 238 g/mol. The van der Waals surface area contributed by atoms with Crippen LogP contribution in [0.5, 0.6) is 0 Å². The summed E-state index contributed by atoms with van der Waals surface area (Å²) in [5.41, 5.74) is -0.464. The summed E-state index contributed by atoms with van der Waals surface area (Å²) in [6.45, 7) is 5.60. The van der Waals surface area contributed by atoms with Gasteiger partial charge in [-0.15, -0.1) is 0 Å². The average Bonchev–Trinajstić information content (AvgIpc) is 2.26. The highest BCUT2D eigenvalue weighted by Gasteiger charge is 2.51. The van der Waals surface area contributed by atoms with Crippen LogP contribution in [-0.2, 0) is 9.59 Å². The largest absolute Gasteiger partial charge is 0.328 e. The van der Waals surface area contributed by atoms with Crippen LogP contribution < -0.4 is 10.6 Å². The lowest BCUT2D eigenvalue weighted by molar-refractivity contribution is -0.142. The second kappa shape index (κ2) is 5.12. The maximum Gasteiger partial charge on any atom is 0.328 e. The molecule has 5 heteroatoms. The van der Waals surface area contributed by atoms with Crippen molar-refractivity contribution >= 4 is 17.8 Å². The SMILES string of the molecule is C/C=C(\CC)C1(CCC)C(=O)NC(=O)NC1=O. The van der Waals surface area contributed by atoms with E-state index < -0.39 is 23.3 Å². The second-order valence-corrected chi connectivity index (χ2v) is 4.06. The van der Waals surface area contributed by atoms with Crippen molar-refractivity contribution in [3.05, 3.63) is 11.6 Å². The number of barbiturate groups is 1. The minimum absolute atomic E-state index is 0.408. The third kappa shape index (κ3) is 2.09. The molecule has 2 N–H and O–H groups in total. The fourth-order valence-electron chi connectivity index (χ4n) is 2.36. The van der Waals surface area contributed by atoms with Gasteiger partial charge in [0.2, 0.25) is 11.8 Å². The lowest BCUT2D eigenvalue weighted by atomic mass is 9.72. The molecule has 0 aromatic rings. The number of carbonyl (C=O) groups is 3. The van der Waals surface area contributed by atoms with Crippen molar-refractivity contribution < 1.29 is 14.4 Å². The van der Waals surface area contributed by atoms with Crippen molar-refractivity contribution in [2.24, 2.45) is 5.41 Å². The van der Waals surface area contributed by atoms with E-state index in [2.05, 4.69) is 10.6 Å². The summed E-state index contributed by atoms with van der Waals surface area (Å²) in [5, 5.41) is 4.37. The van der Waals surface area contributed by atoms with Crippen molar-refractivity contribution in [2.75, 3.05) is 0 Å². The maximum atomic E-state index is 12.1. The summed E-state index contributed by atoms with van der Waals surface area (Å²) in [4.78, 5) is 35.2. The van der Waals surface area contributed by atoms with Gasteiger partial charge in [-0.05, 0) is 25.3 Å². The molecule has 1 aliphatic rings. The fourth-order valence-corrected chi connectivity index (χ4v) is 2.36. The van der Waals surface area contributed by atoms with Gasteiger partial charge in [0.05, 0.1) is 0 Å². The molecule has 1 aliphatic heterocycles. The molecule has 4 amide bonds. The summed E-state index contributed by atoms with van der Waals surface area (Å²) in [6, 6.07) is -0.738. The summed E-state index contributed by atoms with van der Waals surface area (Å²) >= 11 is 0. The van der Waals surface area contributed by atoms with Crippen LogP contribution in [0, 0.1) is 5.41 Å². The standard InChI is InChI=1S/C12H18N2O3/c1-4-7-12(8(5-2)6-3)9(15)13-11(17)14-10(12)16/h5H,4,6-7H2,1-3H3,(H2,13,14,15,16,17)/b8-5+. The summed E-state index contributed by atoms with van der Waals surface area (Å²) in [7, 11) is 0. The van der Waals surface area contributed by atoms with Gasteiger partial charge in [-0.1, -0.05) is 26.3 Å². The predicted molar refractivity (Wildman–Crippen MR) is 63.1 cm³/mol. The molecule has 94 valence electrons. The zero-order valence-electron chi connectivity index (χ0n) is 10.4. The number of hydrogen-bond donors (Lipinski definition) is 2. The molecule has 17 heavy (non-hydrogen) atoms. The van der Waals surface area contributed by atoms with Crippen molar-refractivity contribution in [2.45, 2.75) is 40.0 Å². The molecule has 0 aromatic carbocycles. The maximum absolute atomic E-state index is 12.1. The zero-order valence-corrected chi connectivity index (χ0v) is 10.4. The Balaban J connectivity index is 3.26. The van der Waals surface area contributed by atoms with Gasteiger partial charge in [-0.2, -0.15) is 0 Å². The summed E-state index contributed by atoms with van der Waals surface area (Å²) < 4.78 is 0. The number of imide groups is 2. The first-order valence-electron chi connectivity index (χ1n) is 5.85. The number of allylic oxidation sites excluding steroid dienone is 1. The Hall–Kier alpha value is -1.65. The number of rotatable bonds is 4. The van der Waals surface area contributed by atoms with Crippen molar-refractivity contribution in [1.82, 2.24) is 10.6 Å². The van der Waals surface area contributed by atoms with E-state index in [0.29, 0.717) is 19.3 Å². The molecule has 0 unspecified atom stereocenters. The topological polar surface area (TPSA) is 75.3 Å². The van der Waals surface area contributed by atoms with Gasteiger partial charge in [0.1, 0.15) is 5.41 Å². The number of nitrogens with one attached hydrogen (secondary N) is 2. The van der Waals surface area contributed by atoms with E-state index in [1.165, 1.54) is 0 Å². The second-order valence-electron chi connectivity index (χ2n) is 4.06. The molecule has 5 nitrogen and oxygen atoms in total. The van der Waals surface area contributed by atoms with Gasteiger partial charge < -0.3 is 0 Å². The molecule has 1 fully saturated rings. The van der Waals surface area contributed by atoms with Gasteiger partial charge in [0.25, 0.3) is 0 Å². The van der Waals surface area contributed by atoms with E-state index in [0.717, 1.165) is 5.57 Å². The third-order valence-corrected chi connectivity index (χ3v) is 3.13. The van der Waals surface area contributed by atoms with Crippen LogP contribution in [0.15, 0.2) is 11.6 Å². The third-order valence-electron chi connectivity index (χ3n) is 3.13. The monoisotopic (exact) mass is 238 g/mol. The van der Waals surface area contributed by atoms with E-state index in [9.17, 15) is 14.4 Å². The van der Waals surface area contributed by atoms with E-state index in [1.807, 2.05) is 13.8 Å². The van der Waals surface area contributed by atoms with E-state index >= 15 is 0 Å². The summed E-state index contributed by atoms with van der Waals surface area (Å²) in [6.07, 6.45) is 3.48. The molecule has 1 saturated heterocycles. The Labute approximate surface area is 101 Å². The number of hydrogen-bond acceptors (Lipinski definition) is 3. The first-order valence-corrected chi connectivity index (χ1v) is 5.85. The molecule has 0 aliphatic carbocycles. The molecule has 1 heterocycles. The molecular formula is C12H18N2O3. The first kappa shape index (κ1) is 13.4. The van der Waals surface area contributed by atoms with Crippen LogP contribution in [0.1, 0.15) is 40.0 Å². The lowest BCUT2D eigenvalue weighted by Gasteiger charge is -2.35. The number of urea groups is 1. The Morgan fingerprint density at radius 2 is 1.71 bits per heavy atom. The van der Waals surface area contributed by atoms with Gasteiger partial charge in [-0.3, -0.25) is 20.2 Å². The van der Waals surface area contributed by atoms with Gasteiger partial charge in [0, 0.05) is 0 Å². The van der Waals surface area contributed by atoms with Crippen molar-refractivity contribution in [1.29, 1.82) is 0 Å². The Morgan fingerprint density at radius 3 is 2.06 bits per heavy atom. The molecule has 0 aromatic heterocycles. The number of amides is 4. The zero-order chi connectivity index (χ0) is 13.1. The predicted octanol–water partition coefficient (Wildman–Crippen LogP) is 1.50. The fraction of sp³-hybridized carbons (Fsp3) is 0.583. The van der Waals surface area contributed by atoms with Gasteiger partial charge >= 0.3 is 6.03 Å². The smallest absolute Gasteiger partial charge is 0.277 e. The van der Waals surface area contributed by atoms with Crippen LogP contribution in [0.4, 0.5) is 4.79 Å². The van der Waals surface area contributed by atoms with E-state index in [1.54, 1.807) is 13.0 Å². The molecule has 0 saturated carbocycles. The molecule has 1 rings (SSSR count). The van der Waals surface area contributed by atoms with Crippen LogP contribution >= 0.6 is 0 Å². The lowest BCUT2D eigenvalue weighted by Crippen LogP contribution is -2.63. The van der Waals surface area contributed by atoms with Gasteiger partial charge in [-0.25, -0.2) is 4.79 Å². The Bertz CT molecular complexity index is 365. The highest BCUT2D eigenvalue weighted by atomic mass is 16.2. The highest BCUT2D eigenvalue weighted by molar-refractivity contribution is 6.21. The highest BCUT2D eigenvalue weighted by Crippen LogP contribution is 2.36. The van der Waals surface area contributed by atoms with E-state index in [-0.39, 0.29) is 0 Å². The van der Waals surface area contributed by atoms with Gasteiger partial charge in [0.15, 0.2) is 0 Å². The summed E-state index contributed by atoms with van der Waals surface area (Å²) in [5.74, 6) is -1.02. The minimum Gasteiger partial charge on any atom is -0.277 e. The molecule has 0 bridgehead atoms. The molecule has 0 atom stereocenters. The van der Waals surface area contributed by atoms with Crippen molar-refractivity contribution in [3.8, 4) is 0 Å². The number of carbonyl (C=O) groups excluding carboxylic acids is 3. The quantitative estimate of drug-likeness (QED) is 0.575. The van der Waals surface area contributed by atoms with Crippen molar-refractivity contribution in [3.63, 3.8) is 0 Å². The normalized spacial score (nSPS) is 19.9. The van der Waals surface area contributed by atoms with Crippen LogP contribution in [0.2, 0.25) is 0 Å². The molecule has 0 radical (unpaired) electrons. The van der Waals surface area contributed by atoms with Crippen LogP contribution in [-0.4, -0.2) is 17.8 Å².